The van der Waals surface area contributed by atoms with Crippen molar-refractivity contribution in [3.63, 3.8) is 0 Å². The Kier molecular flexibility index (Phi) is 7.67. The monoisotopic (exact) mass is 872 g/mol. The van der Waals surface area contributed by atoms with Crippen LogP contribution < -0.4 is 27.9 Å². The Hall–Kier alpha value is -7.57. The molecule has 0 atom stereocenters. The van der Waals surface area contributed by atoms with Gasteiger partial charge in [0.15, 0.2) is 12.4 Å². The first-order valence-electron chi connectivity index (χ1n) is 23.6. The van der Waals surface area contributed by atoms with Crippen LogP contribution in [-0.2, 0) is 36.4 Å². The van der Waals surface area contributed by atoms with Gasteiger partial charge in [-0.05, 0) is 75.3 Å². The maximum Gasteiger partial charge on any atom is 0.293 e. The van der Waals surface area contributed by atoms with Crippen LogP contribution >= 0.6 is 0 Å². The van der Waals surface area contributed by atoms with Gasteiger partial charge in [0.25, 0.3) is 20.2 Å². The van der Waals surface area contributed by atoms with E-state index in [1.807, 2.05) is 0 Å². The molecule has 0 unspecified atom stereocenters. The van der Waals surface area contributed by atoms with E-state index in [4.69, 9.17) is 14.2 Å². The molecule has 3 aromatic heterocycles. The molecule has 10 aromatic rings. The lowest BCUT2D eigenvalue weighted by molar-refractivity contribution is -0.717. The zero-order valence-corrected chi connectivity index (χ0v) is 38.7. The van der Waals surface area contributed by atoms with E-state index >= 15 is 0 Å². The standard InChI is InChI=1S/C23H18NO.2C19H16NO/c1-23(2)17-11-14-7-3-5-9-16(14)22-20(17)21-18(23)12-15-8-4-6-10-19(15)24(21)13-25-22;2*1-19(2)14-8-5-9-20-11-21-18-13-7-4-3-6-12(13)10-15(19)16(18)17(14)20/h3-12H,13H2,1-2H3;2*3-10H,11H2,1-2H3/q3*+1. The highest BCUT2D eigenvalue weighted by Crippen LogP contribution is 2.57. The fraction of sp³-hybridized carbons (Fsp3) is 0.197. The van der Waals surface area contributed by atoms with E-state index in [9.17, 15) is 0 Å². The Morgan fingerprint density at radius 1 is 0.358 bits per heavy atom. The van der Waals surface area contributed by atoms with Crippen molar-refractivity contribution in [3.8, 4) is 51.0 Å². The van der Waals surface area contributed by atoms with Crippen LogP contribution in [0, 0.1) is 0 Å². The molecule has 7 aromatic carbocycles. The van der Waals surface area contributed by atoms with Gasteiger partial charge in [-0.25, -0.2) is 0 Å². The SMILES string of the molecule is CC1(C)c2cc3ccccc3c3c2-c2c1cc1ccccc1[n+]2CO3.CC1(C)c2cc3ccccc3c3c2-c2c1ccc[n+]2CO3.CC1(C)c2cc3ccccc3c3c2-c2c1ccc[n+]2CO3. The highest BCUT2D eigenvalue weighted by Gasteiger charge is 2.49. The predicted octanol–water partition coefficient (Wildman–Crippen LogP) is 12.5. The van der Waals surface area contributed by atoms with Crippen LogP contribution in [0.5, 0.6) is 17.2 Å². The number of nitrogens with zero attached hydrogens (tertiary/aromatic N) is 3. The largest absolute Gasteiger partial charge is 0.434 e. The lowest BCUT2D eigenvalue weighted by atomic mass is 9.81. The molecule has 0 amide bonds. The smallest absolute Gasteiger partial charge is 0.293 e. The van der Waals surface area contributed by atoms with Gasteiger partial charge in [0.05, 0.1) is 16.7 Å². The minimum Gasteiger partial charge on any atom is -0.434 e. The van der Waals surface area contributed by atoms with E-state index in [1.165, 1.54) is 110 Å². The molecule has 3 aliphatic carbocycles. The minimum absolute atomic E-state index is 0.0249. The van der Waals surface area contributed by atoms with Crippen LogP contribution in [0.4, 0.5) is 0 Å². The summed E-state index contributed by atoms with van der Waals surface area (Å²) in [5.41, 5.74) is 17.5. The molecule has 0 fully saturated rings. The molecule has 6 heterocycles. The summed E-state index contributed by atoms with van der Waals surface area (Å²) >= 11 is 0. The van der Waals surface area contributed by atoms with Gasteiger partial charge < -0.3 is 14.2 Å². The van der Waals surface area contributed by atoms with E-state index in [1.54, 1.807) is 0 Å². The van der Waals surface area contributed by atoms with E-state index in [0.29, 0.717) is 20.2 Å². The van der Waals surface area contributed by atoms with Gasteiger partial charge in [-0.15, -0.1) is 0 Å². The Bertz CT molecular complexity index is 3610. The number of aromatic nitrogens is 3. The quantitative estimate of drug-likeness (QED) is 0.143. The molecule has 0 saturated heterocycles. The van der Waals surface area contributed by atoms with Crippen LogP contribution in [0.2, 0.25) is 0 Å². The second kappa shape index (κ2) is 13.3. The molecule has 0 N–H and O–H groups in total. The normalized spacial score (nSPS) is 16.4. The summed E-state index contributed by atoms with van der Waals surface area (Å²) in [6, 6.07) is 52.4. The first-order chi connectivity index (χ1) is 32.5. The molecule has 67 heavy (non-hydrogen) atoms. The molecule has 6 heteroatoms. The lowest BCUT2D eigenvalue weighted by Gasteiger charge is -2.20. The number of ether oxygens (including phenoxy) is 3. The number of pyridine rings is 3. The Labute approximate surface area is 389 Å². The number of rotatable bonds is 0. The van der Waals surface area contributed by atoms with Gasteiger partial charge in [-0.3, -0.25) is 0 Å². The van der Waals surface area contributed by atoms with Crippen LogP contribution in [0.1, 0.15) is 74.9 Å². The fourth-order valence-electron chi connectivity index (χ4n) is 12.5. The van der Waals surface area contributed by atoms with E-state index in [2.05, 4.69) is 213 Å². The van der Waals surface area contributed by atoms with Gasteiger partial charge >= 0.3 is 0 Å². The fourth-order valence-corrected chi connectivity index (χ4v) is 12.5. The van der Waals surface area contributed by atoms with Crippen molar-refractivity contribution < 1.29 is 27.9 Å². The second-order valence-corrected chi connectivity index (χ2v) is 20.6. The van der Waals surface area contributed by atoms with E-state index in [0.717, 1.165) is 17.2 Å². The molecular formula is C61H50N3O3+3. The summed E-state index contributed by atoms with van der Waals surface area (Å²) in [7, 11) is 0. The third kappa shape index (κ3) is 5.08. The van der Waals surface area contributed by atoms with Gasteiger partial charge in [-0.1, -0.05) is 126 Å². The number of hydrogen-bond donors (Lipinski definition) is 0. The average Bonchev–Trinajstić information content (AvgIpc) is 3.84. The summed E-state index contributed by atoms with van der Waals surface area (Å²) in [5.74, 6) is 3.16. The number of fused-ring (bicyclic) bond motifs is 8. The first kappa shape index (κ1) is 38.7. The zero-order chi connectivity index (χ0) is 45.1. The Morgan fingerprint density at radius 2 is 0.731 bits per heavy atom. The van der Waals surface area contributed by atoms with Crippen molar-refractivity contribution in [2.45, 2.75) is 78.0 Å². The molecule has 0 radical (unpaired) electrons. The molecule has 0 bridgehead atoms. The number of benzene rings is 7. The topological polar surface area (TPSA) is 39.3 Å². The molecule has 6 nitrogen and oxygen atoms in total. The Balaban J connectivity index is 0.0000000961. The summed E-state index contributed by atoms with van der Waals surface area (Å²) < 4.78 is 25.4. The molecule has 16 rings (SSSR count). The van der Waals surface area contributed by atoms with Gasteiger partial charge in [0, 0.05) is 72.7 Å². The molecule has 0 saturated carbocycles. The second-order valence-electron chi connectivity index (χ2n) is 20.6. The van der Waals surface area contributed by atoms with Crippen molar-refractivity contribution in [3.05, 3.63) is 191 Å². The van der Waals surface area contributed by atoms with Gasteiger partial charge in [-0.2, -0.15) is 13.7 Å². The maximum atomic E-state index is 6.34. The van der Waals surface area contributed by atoms with Crippen molar-refractivity contribution in [1.82, 2.24) is 0 Å². The van der Waals surface area contributed by atoms with Crippen molar-refractivity contribution in [2.24, 2.45) is 0 Å². The molecule has 6 aliphatic rings. The van der Waals surface area contributed by atoms with Crippen molar-refractivity contribution in [1.29, 1.82) is 0 Å². The van der Waals surface area contributed by atoms with Crippen LogP contribution in [0.25, 0.3) is 77.0 Å². The van der Waals surface area contributed by atoms with E-state index < -0.39 is 0 Å². The maximum absolute atomic E-state index is 6.34. The Morgan fingerprint density at radius 3 is 1.21 bits per heavy atom. The summed E-state index contributed by atoms with van der Waals surface area (Å²) in [6.45, 7) is 15.7. The van der Waals surface area contributed by atoms with Gasteiger partial charge in [0.2, 0.25) is 22.6 Å². The average molecular weight is 873 g/mol. The predicted molar refractivity (Wildman–Crippen MR) is 265 cm³/mol. The molecular weight excluding hydrogens is 823 g/mol. The number of para-hydroxylation sites is 1. The van der Waals surface area contributed by atoms with Crippen molar-refractivity contribution >= 4 is 43.2 Å². The summed E-state index contributed by atoms with van der Waals surface area (Å²) in [6.07, 6.45) is 4.23. The summed E-state index contributed by atoms with van der Waals surface area (Å²) in [4.78, 5) is 0. The van der Waals surface area contributed by atoms with Crippen LogP contribution in [0.3, 0.4) is 0 Å². The third-order valence-corrected chi connectivity index (χ3v) is 16.0. The molecule has 0 spiro atoms. The third-order valence-electron chi connectivity index (χ3n) is 16.0. The van der Waals surface area contributed by atoms with Crippen LogP contribution in [0.15, 0.2) is 158 Å². The highest BCUT2D eigenvalue weighted by atomic mass is 16.5. The van der Waals surface area contributed by atoms with Gasteiger partial charge in [0.1, 0.15) is 17.2 Å². The minimum atomic E-state index is -0.0249. The van der Waals surface area contributed by atoms with E-state index in [-0.39, 0.29) is 16.2 Å². The van der Waals surface area contributed by atoms with Crippen LogP contribution in [-0.4, -0.2) is 0 Å². The summed E-state index contributed by atoms with van der Waals surface area (Å²) in [5, 5.41) is 8.71. The first-order valence-corrected chi connectivity index (χ1v) is 23.6. The highest BCUT2D eigenvalue weighted by molar-refractivity contribution is 6.02. The number of hydrogen-bond acceptors (Lipinski definition) is 3. The molecule has 324 valence electrons. The van der Waals surface area contributed by atoms with Crippen molar-refractivity contribution in [2.75, 3.05) is 0 Å². The lowest BCUT2D eigenvalue weighted by Crippen LogP contribution is -2.42. The molecule has 3 aliphatic heterocycles. The zero-order valence-electron chi connectivity index (χ0n) is 38.7.